The number of carbonyl (C=O) groups is 1. The number of carbonyl (C=O) groups excluding carboxylic acids is 1. The Bertz CT molecular complexity index is 702. The lowest BCUT2D eigenvalue weighted by Crippen LogP contribution is -2.37. The van der Waals surface area contributed by atoms with Crippen LogP contribution in [-0.4, -0.2) is 43.2 Å². The van der Waals surface area contributed by atoms with Gasteiger partial charge in [-0.05, 0) is 63.0 Å². The summed E-state index contributed by atoms with van der Waals surface area (Å²) in [6.07, 6.45) is 3.32. The van der Waals surface area contributed by atoms with Crippen LogP contribution in [0.4, 0.5) is 0 Å². The largest absolute Gasteiger partial charge is 0.490 e. The van der Waals surface area contributed by atoms with E-state index in [1.165, 1.54) is 0 Å². The van der Waals surface area contributed by atoms with Crippen molar-refractivity contribution in [2.75, 3.05) is 26.4 Å². The topological polar surface area (TPSA) is 48.0 Å². The molecule has 2 aliphatic rings. The highest BCUT2D eigenvalue weighted by Crippen LogP contribution is 2.53. The Balaban J connectivity index is 1.95. The van der Waals surface area contributed by atoms with E-state index in [1.54, 1.807) is 0 Å². The summed E-state index contributed by atoms with van der Waals surface area (Å²) in [7, 11) is 0. The number of rotatable bonds is 7. The normalized spacial score (nSPS) is 25.5. The van der Waals surface area contributed by atoms with E-state index in [0.717, 1.165) is 25.8 Å². The second-order valence-corrected chi connectivity index (χ2v) is 9.25. The fourth-order valence-electron chi connectivity index (χ4n) is 5.38. The minimum atomic E-state index is 0.0661. The zero-order valence-electron chi connectivity index (χ0n) is 18.3. The molecule has 156 valence electrons. The molecule has 2 atom stereocenters. The van der Waals surface area contributed by atoms with E-state index in [2.05, 4.69) is 25.7 Å². The Morgan fingerprint density at radius 3 is 2.11 bits per heavy atom. The van der Waals surface area contributed by atoms with Gasteiger partial charge in [0.2, 0.25) is 5.75 Å². The lowest BCUT2D eigenvalue weighted by molar-refractivity contribution is 0.0707. The van der Waals surface area contributed by atoms with Gasteiger partial charge in [0.25, 0.3) is 5.91 Å². The Hall–Kier alpha value is -1.91. The minimum absolute atomic E-state index is 0.0661. The van der Waals surface area contributed by atoms with E-state index >= 15 is 0 Å². The first kappa shape index (κ1) is 20.8. The number of hydrogen-bond donors (Lipinski definition) is 0. The van der Waals surface area contributed by atoms with Gasteiger partial charge in [-0.15, -0.1) is 0 Å². The molecule has 1 aromatic carbocycles. The van der Waals surface area contributed by atoms with Crippen molar-refractivity contribution >= 4 is 5.91 Å². The first-order valence-corrected chi connectivity index (χ1v) is 10.6. The van der Waals surface area contributed by atoms with E-state index in [0.29, 0.717) is 48.7 Å². The molecular formula is C23H35NO4. The van der Waals surface area contributed by atoms with Crippen LogP contribution >= 0.6 is 0 Å². The molecule has 1 saturated heterocycles. The number of nitrogens with zero attached hydrogens (tertiary/aromatic N) is 1. The molecule has 28 heavy (non-hydrogen) atoms. The molecule has 5 nitrogen and oxygen atoms in total. The van der Waals surface area contributed by atoms with Crippen molar-refractivity contribution in [1.82, 2.24) is 4.90 Å². The molecule has 1 aliphatic carbocycles. The summed E-state index contributed by atoms with van der Waals surface area (Å²) in [4.78, 5) is 15.6. The SMILES string of the molecule is CCOc1cc(C(=O)N2C[C@]3(C)C[C@H]2CC(C)(C)C3)cc(OCC)c1OCC. The number of likely N-dealkylation sites (tertiary alicyclic amines) is 1. The maximum Gasteiger partial charge on any atom is 0.254 e. The molecule has 0 radical (unpaired) electrons. The molecule has 2 bridgehead atoms. The second-order valence-electron chi connectivity index (χ2n) is 9.25. The fourth-order valence-corrected chi connectivity index (χ4v) is 5.38. The van der Waals surface area contributed by atoms with Gasteiger partial charge in [-0.2, -0.15) is 0 Å². The zero-order valence-corrected chi connectivity index (χ0v) is 18.3. The maximum absolute atomic E-state index is 13.5. The van der Waals surface area contributed by atoms with Crippen LogP contribution in [0.2, 0.25) is 0 Å². The molecule has 1 aliphatic heterocycles. The summed E-state index contributed by atoms with van der Waals surface area (Å²) in [5, 5.41) is 0. The van der Waals surface area contributed by atoms with E-state index in [9.17, 15) is 4.79 Å². The molecule has 0 unspecified atom stereocenters. The first-order chi connectivity index (χ1) is 13.2. The van der Waals surface area contributed by atoms with Gasteiger partial charge in [0.1, 0.15) is 0 Å². The van der Waals surface area contributed by atoms with Gasteiger partial charge in [-0.3, -0.25) is 4.79 Å². The van der Waals surface area contributed by atoms with Crippen LogP contribution in [0.25, 0.3) is 0 Å². The van der Waals surface area contributed by atoms with Crippen molar-refractivity contribution in [3.8, 4) is 17.2 Å². The zero-order chi connectivity index (χ0) is 20.5. The summed E-state index contributed by atoms with van der Waals surface area (Å²) in [6.45, 7) is 15.1. The molecule has 1 heterocycles. The lowest BCUT2D eigenvalue weighted by atomic mass is 9.65. The molecule has 2 fully saturated rings. The van der Waals surface area contributed by atoms with Crippen LogP contribution in [0.3, 0.4) is 0 Å². The van der Waals surface area contributed by atoms with Gasteiger partial charge in [-0.1, -0.05) is 20.8 Å². The summed E-state index contributed by atoms with van der Waals surface area (Å²) < 4.78 is 17.4. The Morgan fingerprint density at radius 1 is 1.00 bits per heavy atom. The summed E-state index contributed by atoms with van der Waals surface area (Å²) in [5.41, 5.74) is 1.10. The summed E-state index contributed by atoms with van der Waals surface area (Å²) in [6, 6.07) is 3.93. The van der Waals surface area contributed by atoms with Gasteiger partial charge in [0, 0.05) is 18.2 Å². The van der Waals surface area contributed by atoms with Crippen LogP contribution in [-0.2, 0) is 0 Å². The van der Waals surface area contributed by atoms with Gasteiger partial charge < -0.3 is 19.1 Å². The maximum atomic E-state index is 13.5. The number of hydrogen-bond acceptors (Lipinski definition) is 4. The molecule has 1 aromatic rings. The van der Waals surface area contributed by atoms with Crippen molar-refractivity contribution in [2.24, 2.45) is 10.8 Å². The third-order valence-corrected chi connectivity index (χ3v) is 5.83. The molecule has 0 aromatic heterocycles. The predicted molar refractivity (Wildman–Crippen MR) is 111 cm³/mol. The standard InChI is InChI=1S/C23H35NO4/c1-7-26-18-10-16(11-19(27-8-2)20(18)28-9-3)21(25)24-15-23(6)13-17(24)12-22(4,5)14-23/h10-11,17H,7-9,12-15H2,1-6H3/t17-,23-/m1/s1. The van der Waals surface area contributed by atoms with Crippen molar-refractivity contribution < 1.29 is 19.0 Å². The van der Waals surface area contributed by atoms with Crippen LogP contribution in [0, 0.1) is 10.8 Å². The molecule has 5 heteroatoms. The Kier molecular flexibility index (Phi) is 5.83. The molecule has 3 rings (SSSR count). The average Bonchev–Trinajstić information content (AvgIpc) is 2.86. The average molecular weight is 390 g/mol. The van der Waals surface area contributed by atoms with Crippen molar-refractivity contribution in [3.63, 3.8) is 0 Å². The van der Waals surface area contributed by atoms with Gasteiger partial charge >= 0.3 is 0 Å². The van der Waals surface area contributed by atoms with E-state index in [1.807, 2.05) is 32.9 Å². The molecule has 1 saturated carbocycles. The molecule has 0 spiro atoms. The van der Waals surface area contributed by atoms with Gasteiger partial charge in [0.05, 0.1) is 19.8 Å². The van der Waals surface area contributed by atoms with E-state index < -0.39 is 0 Å². The monoisotopic (exact) mass is 389 g/mol. The highest BCUT2D eigenvalue weighted by atomic mass is 16.5. The summed E-state index contributed by atoms with van der Waals surface area (Å²) >= 11 is 0. The number of benzene rings is 1. The number of ether oxygens (including phenoxy) is 3. The second kappa shape index (κ2) is 7.84. The van der Waals surface area contributed by atoms with Crippen molar-refractivity contribution in [2.45, 2.75) is 66.8 Å². The van der Waals surface area contributed by atoms with Crippen LogP contribution in [0.15, 0.2) is 12.1 Å². The predicted octanol–water partition coefficient (Wildman–Crippen LogP) is 4.92. The quantitative estimate of drug-likeness (QED) is 0.664. The Labute approximate surface area is 169 Å². The van der Waals surface area contributed by atoms with Crippen molar-refractivity contribution in [1.29, 1.82) is 0 Å². The van der Waals surface area contributed by atoms with Gasteiger partial charge in [0.15, 0.2) is 11.5 Å². The molecule has 0 N–H and O–H groups in total. The molecule has 1 amide bonds. The van der Waals surface area contributed by atoms with E-state index in [4.69, 9.17) is 14.2 Å². The van der Waals surface area contributed by atoms with E-state index in [-0.39, 0.29) is 16.7 Å². The van der Waals surface area contributed by atoms with Crippen LogP contribution in [0.5, 0.6) is 17.2 Å². The van der Waals surface area contributed by atoms with Crippen LogP contribution < -0.4 is 14.2 Å². The van der Waals surface area contributed by atoms with Crippen molar-refractivity contribution in [3.05, 3.63) is 17.7 Å². The smallest absolute Gasteiger partial charge is 0.254 e. The van der Waals surface area contributed by atoms with Gasteiger partial charge in [-0.25, -0.2) is 0 Å². The first-order valence-electron chi connectivity index (χ1n) is 10.6. The fraction of sp³-hybridized carbons (Fsp3) is 0.696. The van der Waals surface area contributed by atoms with Crippen LogP contribution in [0.1, 0.15) is 71.2 Å². The lowest BCUT2D eigenvalue weighted by Gasteiger charge is -2.39. The summed E-state index contributed by atoms with van der Waals surface area (Å²) in [5.74, 6) is 1.80. The third kappa shape index (κ3) is 4.08. The third-order valence-electron chi connectivity index (χ3n) is 5.83. The number of amides is 1. The minimum Gasteiger partial charge on any atom is -0.490 e. The highest BCUT2D eigenvalue weighted by Gasteiger charge is 2.51. The Morgan fingerprint density at radius 2 is 1.57 bits per heavy atom. The molecular weight excluding hydrogens is 354 g/mol. The highest BCUT2D eigenvalue weighted by molar-refractivity contribution is 5.96. The number of fused-ring (bicyclic) bond motifs is 2.